The van der Waals surface area contributed by atoms with Gasteiger partial charge in [-0.05, 0) is 27.2 Å². The second kappa shape index (κ2) is 14.6. The van der Waals surface area contributed by atoms with Crippen molar-refractivity contribution in [3.8, 4) is 0 Å². The summed E-state index contributed by atoms with van der Waals surface area (Å²) < 4.78 is 38.6. The average Bonchev–Trinajstić information content (AvgIpc) is 2.37. The van der Waals surface area contributed by atoms with Crippen LogP contribution >= 0.6 is 0 Å². The molecule has 0 radical (unpaired) electrons. The van der Waals surface area contributed by atoms with E-state index in [1.54, 1.807) is 0 Å². The van der Waals surface area contributed by atoms with E-state index in [2.05, 4.69) is 6.92 Å². The van der Waals surface area contributed by atoms with Gasteiger partial charge in [0.2, 0.25) is 0 Å². The largest absolute Gasteiger partial charge is 1.00 e. The molecule has 0 heterocycles. The van der Waals surface area contributed by atoms with Crippen LogP contribution in [-0.2, 0) is 14.9 Å². The molecule has 0 saturated heterocycles. The normalized spacial score (nSPS) is 13.5. The second-order valence-electron chi connectivity index (χ2n) is 7.55. The van der Waals surface area contributed by atoms with Crippen molar-refractivity contribution in [1.82, 2.24) is 0 Å². The molecule has 1 atom stereocenters. The smallest absolute Gasteiger partial charge is 0.748 e. The van der Waals surface area contributed by atoms with Crippen molar-refractivity contribution in [2.45, 2.75) is 110 Å². The van der Waals surface area contributed by atoms with Crippen LogP contribution in [0.2, 0.25) is 0 Å². The number of hydrogen-bond acceptors (Lipinski definition) is 4. The fourth-order valence-corrected chi connectivity index (χ4v) is 3.45. The molecule has 0 aliphatic heterocycles. The summed E-state index contributed by atoms with van der Waals surface area (Å²) in [6.45, 7) is 7.89. The SMILES string of the molecule is CCCCCCCCCCCCC(CS(=O)(=O)[O-])OC(C)(C)C.[Li+]. The molecule has 0 saturated carbocycles. The molecule has 0 aliphatic carbocycles. The van der Waals surface area contributed by atoms with E-state index in [1.165, 1.54) is 51.4 Å². The average molecular weight is 356 g/mol. The van der Waals surface area contributed by atoms with Crippen LogP contribution in [0.5, 0.6) is 0 Å². The van der Waals surface area contributed by atoms with Gasteiger partial charge in [0.25, 0.3) is 0 Å². The number of unbranched alkanes of at least 4 members (excludes halogenated alkanes) is 9. The number of ether oxygens (including phenoxy) is 1. The Hall–Kier alpha value is 0.467. The van der Waals surface area contributed by atoms with Gasteiger partial charge in [0.05, 0.1) is 27.6 Å². The minimum absolute atomic E-state index is 0. The zero-order chi connectivity index (χ0) is 17.8. The van der Waals surface area contributed by atoms with Crippen molar-refractivity contribution >= 4 is 10.1 Å². The third kappa shape index (κ3) is 20.5. The Morgan fingerprint density at radius 1 is 0.875 bits per heavy atom. The summed E-state index contributed by atoms with van der Waals surface area (Å²) in [4.78, 5) is 0. The maximum Gasteiger partial charge on any atom is 1.00 e. The number of rotatable bonds is 14. The first-order valence-electron chi connectivity index (χ1n) is 9.25. The zero-order valence-electron chi connectivity index (χ0n) is 16.6. The van der Waals surface area contributed by atoms with E-state index in [0.717, 1.165) is 12.8 Å². The molecule has 0 fully saturated rings. The molecule has 0 aromatic rings. The van der Waals surface area contributed by atoms with E-state index in [-0.39, 0.29) is 18.9 Å². The number of hydrogen-bond donors (Lipinski definition) is 0. The van der Waals surface area contributed by atoms with Crippen molar-refractivity contribution in [3.63, 3.8) is 0 Å². The zero-order valence-corrected chi connectivity index (χ0v) is 17.4. The molecule has 140 valence electrons. The van der Waals surface area contributed by atoms with E-state index < -0.39 is 27.6 Å². The summed E-state index contributed by atoms with van der Waals surface area (Å²) in [5, 5.41) is 0. The summed E-state index contributed by atoms with van der Waals surface area (Å²) in [5.74, 6) is -0.415. The van der Waals surface area contributed by atoms with Gasteiger partial charge in [-0.25, -0.2) is 8.42 Å². The molecule has 0 spiro atoms. The van der Waals surface area contributed by atoms with E-state index in [1.807, 2.05) is 20.8 Å². The quantitative estimate of drug-likeness (QED) is 0.271. The topological polar surface area (TPSA) is 66.4 Å². The predicted octanol–water partition coefficient (Wildman–Crippen LogP) is 2.03. The Morgan fingerprint density at radius 3 is 1.67 bits per heavy atom. The van der Waals surface area contributed by atoms with Gasteiger partial charge >= 0.3 is 18.9 Å². The van der Waals surface area contributed by atoms with Gasteiger partial charge in [0, 0.05) is 0 Å². The molecule has 24 heavy (non-hydrogen) atoms. The van der Waals surface area contributed by atoms with Crippen molar-refractivity contribution in [1.29, 1.82) is 0 Å². The van der Waals surface area contributed by atoms with Crippen LogP contribution < -0.4 is 18.9 Å². The van der Waals surface area contributed by atoms with E-state index in [9.17, 15) is 13.0 Å². The molecule has 0 aromatic carbocycles. The Morgan fingerprint density at radius 2 is 1.29 bits per heavy atom. The Labute approximate surface area is 162 Å². The van der Waals surface area contributed by atoms with Gasteiger partial charge in [0.1, 0.15) is 0 Å². The van der Waals surface area contributed by atoms with Crippen LogP contribution in [0.1, 0.15) is 98.3 Å². The van der Waals surface area contributed by atoms with Gasteiger partial charge in [-0.3, -0.25) is 0 Å². The van der Waals surface area contributed by atoms with E-state index in [0.29, 0.717) is 6.42 Å². The van der Waals surface area contributed by atoms with Gasteiger partial charge in [-0.15, -0.1) is 0 Å². The fourth-order valence-electron chi connectivity index (χ4n) is 2.76. The molecule has 0 rings (SSSR count). The molecule has 0 amide bonds. The first-order valence-corrected chi connectivity index (χ1v) is 10.8. The molecular formula is C18H37LiO4S. The monoisotopic (exact) mass is 356 g/mol. The Balaban J connectivity index is 0. The predicted molar refractivity (Wildman–Crippen MR) is 95.7 cm³/mol. The van der Waals surface area contributed by atoms with Crippen LogP contribution in [0.3, 0.4) is 0 Å². The second-order valence-corrected chi connectivity index (χ2v) is 9.00. The van der Waals surface area contributed by atoms with Crippen LogP contribution in [0.4, 0.5) is 0 Å². The van der Waals surface area contributed by atoms with Crippen molar-refractivity contribution in [3.05, 3.63) is 0 Å². The molecule has 0 aliphatic rings. The van der Waals surface area contributed by atoms with Crippen LogP contribution in [0, 0.1) is 0 Å². The third-order valence-electron chi connectivity index (χ3n) is 3.79. The molecule has 1 unspecified atom stereocenters. The molecule has 4 nitrogen and oxygen atoms in total. The first-order chi connectivity index (χ1) is 10.6. The molecular weight excluding hydrogens is 319 g/mol. The summed E-state index contributed by atoms with van der Waals surface area (Å²) in [6.07, 6.45) is 12.5. The maximum atomic E-state index is 11.0. The van der Waals surface area contributed by atoms with Gasteiger partial charge in [0.15, 0.2) is 0 Å². The minimum Gasteiger partial charge on any atom is -0.748 e. The maximum absolute atomic E-state index is 11.0. The van der Waals surface area contributed by atoms with Crippen molar-refractivity contribution < 1.29 is 36.6 Å². The molecule has 0 bridgehead atoms. The first kappa shape index (κ1) is 26.7. The Bertz CT molecular complexity index is 377. The van der Waals surface area contributed by atoms with Gasteiger partial charge < -0.3 is 9.29 Å². The van der Waals surface area contributed by atoms with E-state index in [4.69, 9.17) is 4.74 Å². The standard InChI is InChI=1S/C18H38O4S.Li/c1-5-6-7-8-9-10-11-12-13-14-15-17(16-23(19,20)21)22-18(2,3)4;/h17H,5-16H2,1-4H3,(H,19,20,21);/q;+1/p-1. The summed E-state index contributed by atoms with van der Waals surface area (Å²) in [5.41, 5.74) is -0.423. The van der Waals surface area contributed by atoms with Gasteiger partial charge in [-0.1, -0.05) is 71.1 Å². The summed E-state index contributed by atoms with van der Waals surface area (Å²) in [6, 6.07) is 0. The fraction of sp³-hybridized carbons (Fsp3) is 1.00. The molecule has 0 aromatic heterocycles. The summed E-state index contributed by atoms with van der Waals surface area (Å²) >= 11 is 0. The van der Waals surface area contributed by atoms with Crippen molar-refractivity contribution in [2.75, 3.05) is 5.75 Å². The van der Waals surface area contributed by atoms with Crippen LogP contribution in [0.25, 0.3) is 0 Å². The van der Waals surface area contributed by atoms with Crippen molar-refractivity contribution in [2.24, 2.45) is 0 Å². The minimum atomic E-state index is -4.23. The van der Waals surface area contributed by atoms with Gasteiger partial charge in [-0.2, -0.15) is 0 Å². The van der Waals surface area contributed by atoms with Crippen LogP contribution in [0.15, 0.2) is 0 Å². The molecule has 6 heteroatoms. The van der Waals surface area contributed by atoms with E-state index >= 15 is 0 Å². The van der Waals surface area contributed by atoms with Crippen LogP contribution in [-0.4, -0.2) is 30.4 Å². The third-order valence-corrected chi connectivity index (χ3v) is 4.57. The Kier molecular flexibility index (Phi) is 16.3. The molecule has 0 N–H and O–H groups in total. The summed E-state index contributed by atoms with van der Waals surface area (Å²) in [7, 11) is -4.23.